The molecule has 1 aromatic carbocycles. The number of nitrogens with one attached hydrogen (secondary N) is 4. The summed E-state index contributed by atoms with van der Waals surface area (Å²) in [5.41, 5.74) is -0.461. The second-order valence-corrected chi connectivity index (χ2v) is 8.08. The molecule has 4 N–H and O–H groups in total. The highest BCUT2D eigenvalue weighted by Gasteiger charge is 2.19. The van der Waals surface area contributed by atoms with Gasteiger partial charge in [0.05, 0.1) is 17.9 Å². The number of rotatable bonds is 6. The molecule has 29 heavy (non-hydrogen) atoms. The van der Waals surface area contributed by atoms with Crippen molar-refractivity contribution in [2.75, 3.05) is 23.7 Å². The van der Waals surface area contributed by atoms with Crippen LogP contribution in [0.3, 0.4) is 0 Å². The molecule has 8 nitrogen and oxygen atoms in total. The van der Waals surface area contributed by atoms with Gasteiger partial charge in [0.25, 0.3) is 0 Å². The maximum atomic E-state index is 13.6. The molecule has 9 heteroatoms. The number of anilines is 2. The first kappa shape index (κ1) is 22.4. The van der Waals surface area contributed by atoms with Crippen LogP contribution in [0.25, 0.3) is 0 Å². The highest BCUT2D eigenvalue weighted by Crippen LogP contribution is 2.24. The van der Waals surface area contributed by atoms with Crippen molar-refractivity contribution in [2.45, 2.75) is 52.1 Å². The Balaban J connectivity index is 1.85. The Morgan fingerprint density at radius 2 is 1.76 bits per heavy atom. The summed E-state index contributed by atoms with van der Waals surface area (Å²) in [6.45, 7) is 5.43. The summed E-state index contributed by atoms with van der Waals surface area (Å²) in [6, 6.07) is 3.11. The lowest BCUT2D eigenvalue weighted by Crippen LogP contribution is -2.41. The minimum atomic E-state index is -0.732. The number of amides is 4. The Kier molecular flexibility index (Phi) is 7.81. The van der Waals surface area contributed by atoms with E-state index in [1.165, 1.54) is 18.9 Å². The maximum absolute atomic E-state index is 13.6. The molecule has 0 unspecified atom stereocenters. The number of carbonyl (C=O) groups is 3. The van der Waals surface area contributed by atoms with Crippen molar-refractivity contribution in [3.05, 3.63) is 24.0 Å². The Morgan fingerprint density at radius 3 is 2.41 bits per heavy atom. The van der Waals surface area contributed by atoms with Crippen LogP contribution < -0.4 is 21.3 Å². The third-order valence-corrected chi connectivity index (χ3v) is 4.33. The lowest BCUT2D eigenvalue weighted by molar-refractivity contribution is -0.115. The predicted molar refractivity (Wildman–Crippen MR) is 108 cm³/mol. The average Bonchev–Trinajstić information content (AvgIpc) is 3.12. The Bertz CT molecular complexity index is 742. The van der Waals surface area contributed by atoms with E-state index >= 15 is 0 Å². The van der Waals surface area contributed by atoms with Crippen molar-refractivity contribution >= 4 is 29.4 Å². The second-order valence-electron chi connectivity index (χ2n) is 8.08. The molecule has 2 rings (SSSR count). The van der Waals surface area contributed by atoms with Crippen molar-refractivity contribution in [1.29, 1.82) is 0 Å². The van der Waals surface area contributed by atoms with Crippen molar-refractivity contribution in [2.24, 2.45) is 5.92 Å². The highest BCUT2D eigenvalue weighted by molar-refractivity contribution is 5.99. The molecule has 0 aromatic heterocycles. The smallest absolute Gasteiger partial charge is 0.412 e. The molecule has 4 amide bonds. The van der Waals surface area contributed by atoms with Crippen LogP contribution in [-0.4, -0.2) is 36.7 Å². The summed E-state index contributed by atoms with van der Waals surface area (Å²) >= 11 is 0. The standard InChI is InChI=1S/C20H29FN4O4/c1-20(2,3)29-19(28)25-15-9-8-14(21)10-16(15)24-17(26)12-23-18(27)22-11-13-6-4-5-7-13/h8-10,13H,4-7,11-12H2,1-3H3,(H,24,26)(H,25,28)(H2,22,23,27). The summed E-state index contributed by atoms with van der Waals surface area (Å²) in [4.78, 5) is 35.9. The van der Waals surface area contributed by atoms with Crippen LogP contribution in [-0.2, 0) is 9.53 Å². The lowest BCUT2D eigenvalue weighted by Gasteiger charge is -2.20. The Hall–Kier alpha value is -2.84. The zero-order valence-electron chi connectivity index (χ0n) is 17.1. The first-order chi connectivity index (χ1) is 13.6. The van der Waals surface area contributed by atoms with Crippen molar-refractivity contribution < 1.29 is 23.5 Å². The van der Waals surface area contributed by atoms with Crippen molar-refractivity contribution in [3.63, 3.8) is 0 Å². The van der Waals surface area contributed by atoms with Crippen LogP contribution in [0.1, 0.15) is 46.5 Å². The summed E-state index contributed by atoms with van der Waals surface area (Å²) in [5.74, 6) is -0.653. The molecule has 0 spiro atoms. The van der Waals surface area contributed by atoms with Crippen LogP contribution in [0.4, 0.5) is 25.4 Å². The van der Waals surface area contributed by atoms with Gasteiger partial charge in [0.1, 0.15) is 11.4 Å². The van der Waals surface area contributed by atoms with Crippen molar-refractivity contribution in [3.8, 4) is 0 Å². The van der Waals surface area contributed by atoms with Crippen LogP contribution >= 0.6 is 0 Å². The molecule has 1 saturated carbocycles. The van der Waals surface area contributed by atoms with E-state index < -0.39 is 29.4 Å². The van der Waals surface area contributed by atoms with Crippen LogP contribution in [0.2, 0.25) is 0 Å². The quantitative estimate of drug-likeness (QED) is 0.577. The molecule has 0 atom stereocenters. The van der Waals surface area contributed by atoms with Gasteiger partial charge >= 0.3 is 12.1 Å². The fraction of sp³-hybridized carbons (Fsp3) is 0.550. The number of hydrogen-bond donors (Lipinski definition) is 4. The fourth-order valence-electron chi connectivity index (χ4n) is 3.01. The van der Waals surface area contributed by atoms with Gasteiger partial charge in [-0.1, -0.05) is 12.8 Å². The van der Waals surface area contributed by atoms with Gasteiger partial charge in [-0.2, -0.15) is 0 Å². The minimum Gasteiger partial charge on any atom is -0.444 e. The highest BCUT2D eigenvalue weighted by atomic mass is 19.1. The summed E-state index contributed by atoms with van der Waals surface area (Å²) in [6.07, 6.45) is 3.85. The Morgan fingerprint density at radius 1 is 1.07 bits per heavy atom. The molecule has 0 aliphatic heterocycles. The van der Waals surface area contributed by atoms with E-state index in [-0.39, 0.29) is 17.9 Å². The van der Waals surface area contributed by atoms with E-state index in [4.69, 9.17) is 4.74 Å². The van der Waals surface area contributed by atoms with Gasteiger partial charge in [-0.25, -0.2) is 14.0 Å². The van der Waals surface area contributed by atoms with Gasteiger partial charge < -0.3 is 20.7 Å². The predicted octanol–water partition coefficient (Wildman–Crippen LogP) is 3.60. The zero-order valence-corrected chi connectivity index (χ0v) is 17.1. The van der Waals surface area contributed by atoms with Gasteiger partial charge in [-0.3, -0.25) is 10.1 Å². The molecule has 0 heterocycles. The fourth-order valence-corrected chi connectivity index (χ4v) is 3.01. The zero-order chi connectivity index (χ0) is 21.4. The van der Waals surface area contributed by atoms with E-state index in [1.807, 2.05) is 0 Å². The maximum Gasteiger partial charge on any atom is 0.412 e. The summed E-state index contributed by atoms with van der Waals surface area (Å²) in [5, 5.41) is 10.2. The first-order valence-electron chi connectivity index (χ1n) is 9.73. The summed E-state index contributed by atoms with van der Waals surface area (Å²) < 4.78 is 18.8. The van der Waals surface area contributed by atoms with E-state index in [0.717, 1.165) is 25.0 Å². The van der Waals surface area contributed by atoms with Gasteiger partial charge in [-0.05, 0) is 57.7 Å². The third-order valence-electron chi connectivity index (χ3n) is 4.33. The van der Waals surface area contributed by atoms with E-state index in [1.54, 1.807) is 20.8 Å². The van der Waals surface area contributed by atoms with Crippen LogP contribution in [0.15, 0.2) is 18.2 Å². The molecule has 0 radical (unpaired) electrons. The molecule has 1 aliphatic carbocycles. The van der Waals surface area contributed by atoms with Gasteiger partial charge in [0.2, 0.25) is 5.91 Å². The molecule has 1 fully saturated rings. The molecular formula is C20H29FN4O4. The molecule has 1 aromatic rings. The molecule has 0 saturated heterocycles. The number of urea groups is 1. The SMILES string of the molecule is CC(C)(C)OC(=O)Nc1ccc(F)cc1NC(=O)CNC(=O)NCC1CCCC1. The van der Waals surface area contributed by atoms with Crippen molar-refractivity contribution in [1.82, 2.24) is 10.6 Å². The third kappa shape index (κ3) is 8.37. The minimum absolute atomic E-state index is 0.0639. The van der Waals surface area contributed by atoms with E-state index in [2.05, 4.69) is 21.3 Å². The number of halogens is 1. The monoisotopic (exact) mass is 408 g/mol. The number of ether oxygens (including phenoxy) is 1. The van der Waals surface area contributed by atoms with Gasteiger partial charge in [0.15, 0.2) is 0 Å². The molecular weight excluding hydrogens is 379 g/mol. The van der Waals surface area contributed by atoms with Crippen LogP contribution in [0.5, 0.6) is 0 Å². The Labute approximate surface area is 169 Å². The van der Waals surface area contributed by atoms with E-state index in [9.17, 15) is 18.8 Å². The molecule has 160 valence electrons. The van der Waals surface area contributed by atoms with Crippen LogP contribution in [0, 0.1) is 11.7 Å². The normalized spacial score (nSPS) is 14.2. The number of carbonyl (C=O) groups excluding carboxylic acids is 3. The summed E-state index contributed by atoms with van der Waals surface area (Å²) in [7, 11) is 0. The second kappa shape index (κ2) is 10.1. The molecule has 0 bridgehead atoms. The lowest BCUT2D eigenvalue weighted by atomic mass is 10.1. The average molecular weight is 408 g/mol. The number of benzene rings is 1. The first-order valence-corrected chi connectivity index (χ1v) is 9.73. The van der Waals surface area contributed by atoms with Gasteiger partial charge in [0, 0.05) is 6.54 Å². The van der Waals surface area contributed by atoms with E-state index in [0.29, 0.717) is 12.5 Å². The number of hydrogen-bond acceptors (Lipinski definition) is 4. The molecule has 1 aliphatic rings. The largest absolute Gasteiger partial charge is 0.444 e. The van der Waals surface area contributed by atoms with Gasteiger partial charge in [-0.15, -0.1) is 0 Å². The topological polar surface area (TPSA) is 109 Å².